The maximum atomic E-state index is 11.8. The topological polar surface area (TPSA) is 132 Å². The number of carbonyl (C=O) groups is 1. The summed E-state index contributed by atoms with van der Waals surface area (Å²) in [6.45, 7) is 0. The zero-order valence-electron chi connectivity index (χ0n) is 12.0. The van der Waals surface area contributed by atoms with E-state index < -0.39 is 0 Å². The first-order chi connectivity index (χ1) is 10.0. The standard InChI is InChI=1S/C14H16N6O.2ClH/c15-9-1-3-11(4-2-9)19-14(21)20-12-7-5-10(6-8-12)18-13(16)17;;/h1-8H,15H2,(H4,16,17,18)(H2,19,20,21);2*1H. The maximum absolute atomic E-state index is 11.8. The summed E-state index contributed by atoms with van der Waals surface area (Å²) in [6.07, 6.45) is 0. The minimum atomic E-state index is -0.352. The third kappa shape index (κ3) is 6.77. The molecule has 0 atom stereocenters. The van der Waals surface area contributed by atoms with Gasteiger partial charge in [-0.15, -0.1) is 24.8 Å². The molecule has 0 spiro atoms. The molecule has 9 heteroatoms. The molecule has 2 aromatic rings. The molecule has 2 amide bonds. The third-order valence-corrected chi connectivity index (χ3v) is 2.55. The Kier molecular flexibility index (Phi) is 8.31. The van der Waals surface area contributed by atoms with E-state index in [9.17, 15) is 4.79 Å². The highest BCUT2D eigenvalue weighted by molar-refractivity contribution is 5.99. The molecule has 23 heavy (non-hydrogen) atoms. The summed E-state index contributed by atoms with van der Waals surface area (Å²) in [5, 5.41) is 5.38. The van der Waals surface area contributed by atoms with Crippen molar-refractivity contribution in [3.05, 3.63) is 48.5 Å². The van der Waals surface area contributed by atoms with Gasteiger partial charge in [-0.25, -0.2) is 9.79 Å². The van der Waals surface area contributed by atoms with Crippen molar-refractivity contribution in [3.8, 4) is 0 Å². The summed E-state index contributed by atoms with van der Waals surface area (Å²) < 4.78 is 0. The number of benzene rings is 2. The number of nitrogens with zero attached hydrogens (tertiary/aromatic N) is 1. The van der Waals surface area contributed by atoms with Crippen LogP contribution in [-0.2, 0) is 0 Å². The highest BCUT2D eigenvalue weighted by Gasteiger charge is 2.02. The number of rotatable bonds is 3. The van der Waals surface area contributed by atoms with E-state index in [0.717, 1.165) is 0 Å². The second kappa shape index (κ2) is 9.39. The van der Waals surface area contributed by atoms with Gasteiger partial charge in [-0.2, -0.15) is 0 Å². The number of nitrogens with two attached hydrogens (primary N) is 3. The Hall–Kier alpha value is -2.64. The van der Waals surface area contributed by atoms with E-state index in [1.54, 1.807) is 48.5 Å². The lowest BCUT2D eigenvalue weighted by Gasteiger charge is -2.08. The van der Waals surface area contributed by atoms with Crippen molar-refractivity contribution < 1.29 is 4.79 Å². The number of carbonyl (C=O) groups excluding carboxylic acids is 1. The summed E-state index contributed by atoms with van der Waals surface area (Å²) in [4.78, 5) is 15.7. The van der Waals surface area contributed by atoms with E-state index in [-0.39, 0.29) is 36.8 Å². The van der Waals surface area contributed by atoms with Gasteiger partial charge in [0.25, 0.3) is 0 Å². The van der Waals surface area contributed by atoms with E-state index >= 15 is 0 Å². The van der Waals surface area contributed by atoms with Crippen molar-refractivity contribution in [1.82, 2.24) is 0 Å². The molecule has 0 heterocycles. The summed E-state index contributed by atoms with van der Waals surface area (Å²) in [5.41, 5.74) is 18.7. The number of nitrogen functional groups attached to an aromatic ring is 1. The molecule has 0 aromatic heterocycles. The fourth-order valence-electron chi connectivity index (χ4n) is 1.63. The van der Waals surface area contributed by atoms with E-state index in [0.29, 0.717) is 22.7 Å². The smallest absolute Gasteiger partial charge is 0.323 e. The largest absolute Gasteiger partial charge is 0.399 e. The first-order valence-corrected chi connectivity index (χ1v) is 6.16. The molecule has 0 aliphatic carbocycles. The number of hydrogen-bond acceptors (Lipinski definition) is 3. The molecule has 0 fully saturated rings. The van der Waals surface area contributed by atoms with Crippen molar-refractivity contribution in [1.29, 1.82) is 0 Å². The second-order valence-electron chi connectivity index (χ2n) is 4.28. The van der Waals surface area contributed by atoms with Gasteiger partial charge < -0.3 is 27.8 Å². The molecule has 0 saturated carbocycles. The van der Waals surface area contributed by atoms with Crippen LogP contribution in [0.5, 0.6) is 0 Å². The van der Waals surface area contributed by atoms with Gasteiger partial charge >= 0.3 is 6.03 Å². The first-order valence-electron chi connectivity index (χ1n) is 6.16. The average Bonchev–Trinajstić information content (AvgIpc) is 2.43. The lowest BCUT2D eigenvalue weighted by atomic mass is 10.3. The summed E-state index contributed by atoms with van der Waals surface area (Å²) in [6, 6.07) is 13.3. The van der Waals surface area contributed by atoms with Gasteiger partial charge in [0, 0.05) is 17.1 Å². The number of halogens is 2. The molecule has 0 saturated heterocycles. The summed E-state index contributed by atoms with van der Waals surface area (Å²) in [7, 11) is 0. The van der Waals surface area contributed by atoms with Crippen LogP contribution in [0, 0.1) is 0 Å². The fourth-order valence-corrected chi connectivity index (χ4v) is 1.63. The number of nitrogens with one attached hydrogen (secondary N) is 2. The van der Waals surface area contributed by atoms with Crippen molar-refractivity contribution in [2.45, 2.75) is 0 Å². The molecule has 0 aliphatic rings. The Labute approximate surface area is 146 Å². The molecule has 2 aromatic carbocycles. The fraction of sp³-hybridized carbons (Fsp3) is 0. The molecule has 0 radical (unpaired) electrons. The molecule has 124 valence electrons. The Morgan fingerprint density at radius 2 is 1.26 bits per heavy atom. The molecule has 7 nitrogen and oxygen atoms in total. The quantitative estimate of drug-likeness (QED) is 0.328. The maximum Gasteiger partial charge on any atom is 0.323 e. The van der Waals surface area contributed by atoms with Crippen LogP contribution in [-0.4, -0.2) is 12.0 Å². The highest BCUT2D eigenvalue weighted by Crippen LogP contribution is 2.16. The van der Waals surface area contributed by atoms with E-state index in [1.165, 1.54) is 0 Å². The highest BCUT2D eigenvalue weighted by atomic mass is 35.5. The van der Waals surface area contributed by atoms with Crippen LogP contribution in [0.4, 0.5) is 27.5 Å². The van der Waals surface area contributed by atoms with Gasteiger partial charge in [0.2, 0.25) is 0 Å². The Bertz CT molecular complexity index is 654. The van der Waals surface area contributed by atoms with Crippen LogP contribution in [0.25, 0.3) is 0 Å². The van der Waals surface area contributed by atoms with Crippen LogP contribution in [0.1, 0.15) is 0 Å². The van der Waals surface area contributed by atoms with Crippen molar-refractivity contribution in [2.75, 3.05) is 16.4 Å². The van der Waals surface area contributed by atoms with Gasteiger partial charge in [0.1, 0.15) is 0 Å². The molecular formula is C14H18Cl2N6O. The van der Waals surface area contributed by atoms with Crippen LogP contribution >= 0.6 is 24.8 Å². The van der Waals surface area contributed by atoms with E-state index in [4.69, 9.17) is 17.2 Å². The minimum absolute atomic E-state index is 0. The van der Waals surface area contributed by atoms with E-state index in [1.807, 2.05) is 0 Å². The number of aliphatic imine (C=N–C) groups is 1. The molecular weight excluding hydrogens is 339 g/mol. The van der Waals surface area contributed by atoms with Crippen LogP contribution in [0.2, 0.25) is 0 Å². The van der Waals surface area contributed by atoms with Crippen LogP contribution in [0.3, 0.4) is 0 Å². The predicted octanol–water partition coefficient (Wildman–Crippen LogP) is 2.66. The lowest BCUT2D eigenvalue weighted by Crippen LogP contribution is -2.21. The molecule has 0 aliphatic heterocycles. The Morgan fingerprint density at radius 1 is 0.826 bits per heavy atom. The molecule has 0 bridgehead atoms. The Morgan fingerprint density at radius 3 is 1.70 bits per heavy atom. The molecule has 2 rings (SSSR count). The molecule has 8 N–H and O–H groups in total. The van der Waals surface area contributed by atoms with Gasteiger partial charge in [-0.3, -0.25) is 0 Å². The second-order valence-corrected chi connectivity index (χ2v) is 4.28. The number of anilines is 3. The first kappa shape index (κ1) is 20.4. The van der Waals surface area contributed by atoms with Crippen LogP contribution < -0.4 is 27.8 Å². The third-order valence-electron chi connectivity index (χ3n) is 2.55. The van der Waals surface area contributed by atoms with Crippen molar-refractivity contribution >= 4 is 59.6 Å². The SMILES string of the molecule is Cl.Cl.NC(N)=Nc1ccc(NC(=O)Nc2ccc(N)cc2)cc1. The van der Waals surface area contributed by atoms with Gasteiger partial charge in [-0.1, -0.05) is 0 Å². The van der Waals surface area contributed by atoms with Crippen LogP contribution in [0.15, 0.2) is 53.5 Å². The monoisotopic (exact) mass is 356 g/mol. The number of hydrogen-bond donors (Lipinski definition) is 5. The lowest BCUT2D eigenvalue weighted by molar-refractivity contribution is 0.262. The van der Waals surface area contributed by atoms with Gasteiger partial charge in [0.05, 0.1) is 5.69 Å². The van der Waals surface area contributed by atoms with Gasteiger partial charge in [0.15, 0.2) is 5.96 Å². The number of guanidine groups is 1. The summed E-state index contributed by atoms with van der Waals surface area (Å²) in [5.74, 6) is -0.0168. The predicted molar refractivity (Wildman–Crippen MR) is 99.9 cm³/mol. The minimum Gasteiger partial charge on any atom is -0.399 e. The van der Waals surface area contributed by atoms with Crippen molar-refractivity contribution in [2.24, 2.45) is 16.5 Å². The van der Waals surface area contributed by atoms with Crippen molar-refractivity contribution in [3.63, 3.8) is 0 Å². The normalized spacial score (nSPS) is 8.87. The zero-order valence-corrected chi connectivity index (χ0v) is 13.7. The van der Waals surface area contributed by atoms with Gasteiger partial charge in [-0.05, 0) is 48.5 Å². The number of amides is 2. The Balaban J connectivity index is 0.00000242. The molecule has 0 unspecified atom stereocenters. The summed E-state index contributed by atoms with van der Waals surface area (Å²) >= 11 is 0. The zero-order chi connectivity index (χ0) is 15.2. The van der Waals surface area contributed by atoms with E-state index in [2.05, 4.69) is 15.6 Å². The number of urea groups is 1. The average molecular weight is 357 g/mol.